The molecule has 0 aliphatic rings. The molecule has 2 aromatic rings. The summed E-state index contributed by atoms with van der Waals surface area (Å²) in [5.74, 6) is -0.591. The number of rotatable bonds is 6. The molecule has 23 heavy (non-hydrogen) atoms. The molecule has 0 atom stereocenters. The minimum atomic E-state index is -3.55. The zero-order valence-corrected chi connectivity index (χ0v) is 15.0. The molecule has 0 bridgehead atoms. The van der Waals surface area contributed by atoms with Crippen LogP contribution in [0.15, 0.2) is 59.1 Å². The van der Waals surface area contributed by atoms with Crippen LogP contribution in [0.4, 0.5) is 11.4 Å². The Morgan fingerprint density at radius 3 is 2.48 bits per heavy atom. The van der Waals surface area contributed by atoms with Gasteiger partial charge in [0.15, 0.2) is 0 Å². The lowest BCUT2D eigenvalue weighted by molar-refractivity contribution is -0.115. The van der Waals surface area contributed by atoms with Gasteiger partial charge in [-0.15, -0.1) is 0 Å². The lowest BCUT2D eigenvalue weighted by Gasteiger charge is -2.19. The summed E-state index contributed by atoms with van der Waals surface area (Å²) in [7, 11) is -2.06. The van der Waals surface area contributed by atoms with Gasteiger partial charge in [-0.25, -0.2) is 8.42 Å². The average molecular weight is 397 g/mol. The van der Waals surface area contributed by atoms with Crippen LogP contribution >= 0.6 is 15.9 Å². The highest BCUT2D eigenvalue weighted by molar-refractivity contribution is 9.10. The zero-order valence-electron chi connectivity index (χ0n) is 12.6. The fourth-order valence-corrected chi connectivity index (χ4v) is 3.51. The molecule has 7 heteroatoms. The third-order valence-corrected chi connectivity index (χ3v) is 5.49. The highest BCUT2D eigenvalue weighted by Crippen LogP contribution is 2.17. The molecule has 0 radical (unpaired) electrons. The number of carbonyl (C=O) groups excluding carboxylic acids is 1. The van der Waals surface area contributed by atoms with Crippen LogP contribution in [0.25, 0.3) is 0 Å². The molecular formula is C16H17BrN2O3S. The number of hydrogen-bond donors (Lipinski definition) is 1. The van der Waals surface area contributed by atoms with Crippen LogP contribution in [0.2, 0.25) is 0 Å². The van der Waals surface area contributed by atoms with Crippen molar-refractivity contribution in [3.63, 3.8) is 0 Å². The van der Waals surface area contributed by atoms with E-state index in [1.807, 2.05) is 12.1 Å². The van der Waals surface area contributed by atoms with E-state index in [2.05, 4.69) is 21.2 Å². The Morgan fingerprint density at radius 2 is 1.83 bits per heavy atom. The number of para-hydroxylation sites is 1. The predicted molar refractivity (Wildman–Crippen MR) is 96.0 cm³/mol. The van der Waals surface area contributed by atoms with Crippen molar-refractivity contribution in [2.45, 2.75) is 6.42 Å². The SMILES string of the molecule is CN(c1ccccc1)S(=O)(=O)CCC(=O)Nc1cccc(Br)c1. The van der Waals surface area contributed by atoms with Crippen molar-refractivity contribution in [2.75, 3.05) is 22.4 Å². The summed E-state index contributed by atoms with van der Waals surface area (Å²) < 4.78 is 26.6. The molecule has 1 N–H and O–H groups in total. The molecule has 122 valence electrons. The van der Waals surface area contributed by atoms with E-state index >= 15 is 0 Å². The molecule has 1 amide bonds. The number of anilines is 2. The molecule has 0 saturated heterocycles. The van der Waals surface area contributed by atoms with Gasteiger partial charge in [0, 0.05) is 23.6 Å². The van der Waals surface area contributed by atoms with E-state index in [0.717, 1.165) is 4.47 Å². The van der Waals surface area contributed by atoms with Gasteiger partial charge in [0.1, 0.15) is 0 Å². The van der Waals surface area contributed by atoms with Crippen molar-refractivity contribution >= 4 is 43.2 Å². The third kappa shape index (κ3) is 5.07. The van der Waals surface area contributed by atoms with E-state index in [0.29, 0.717) is 11.4 Å². The smallest absolute Gasteiger partial charge is 0.235 e. The highest BCUT2D eigenvalue weighted by Gasteiger charge is 2.19. The number of hydrogen-bond acceptors (Lipinski definition) is 3. The van der Waals surface area contributed by atoms with Crippen molar-refractivity contribution in [1.29, 1.82) is 0 Å². The molecule has 0 aliphatic carbocycles. The monoisotopic (exact) mass is 396 g/mol. The number of amides is 1. The van der Waals surface area contributed by atoms with E-state index < -0.39 is 10.0 Å². The minimum Gasteiger partial charge on any atom is -0.326 e. The molecule has 0 saturated carbocycles. The van der Waals surface area contributed by atoms with Gasteiger partial charge in [-0.3, -0.25) is 9.10 Å². The molecule has 0 aromatic heterocycles. The summed E-state index contributed by atoms with van der Waals surface area (Å²) in [6.45, 7) is 0. The van der Waals surface area contributed by atoms with Crippen LogP contribution in [-0.4, -0.2) is 27.1 Å². The molecule has 0 unspecified atom stereocenters. The van der Waals surface area contributed by atoms with Gasteiger partial charge in [0.2, 0.25) is 15.9 Å². The quantitative estimate of drug-likeness (QED) is 0.814. The van der Waals surface area contributed by atoms with Gasteiger partial charge < -0.3 is 5.32 Å². The molecule has 5 nitrogen and oxygen atoms in total. The van der Waals surface area contributed by atoms with Crippen LogP contribution < -0.4 is 9.62 Å². The summed E-state index contributed by atoms with van der Waals surface area (Å²) in [6, 6.07) is 15.9. The van der Waals surface area contributed by atoms with E-state index in [1.165, 1.54) is 11.4 Å². The summed E-state index contributed by atoms with van der Waals surface area (Å²) >= 11 is 3.31. The second-order valence-electron chi connectivity index (χ2n) is 4.93. The first-order valence-electron chi connectivity index (χ1n) is 6.95. The van der Waals surface area contributed by atoms with Gasteiger partial charge in [-0.2, -0.15) is 0 Å². The Labute approximate surface area is 144 Å². The Balaban J connectivity index is 1.95. The largest absolute Gasteiger partial charge is 0.326 e. The molecule has 2 aromatic carbocycles. The van der Waals surface area contributed by atoms with Gasteiger partial charge in [-0.1, -0.05) is 40.2 Å². The molecule has 0 fully saturated rings. The maximum absolute atomic E-state index is 12.3. The van der Waals surface area contributed by atoms with Crippen LogP contribution in [0, 0.1) is 0 Å². The first-order valence-corrected chi connectivity index (χ1v) is 9.36. The Kier molecular flexibility index (Phi) is 5.79. The van der Waals surface area contributed by atoms with Gasteiger partial charge in [-0.05, 0) is 30.3 Å². The maximum Gasteiger partial charge on any atom is 0.235 e. The van der Waals surface area contributed by atoms with Gasteiger partial charge >= 0.3 is 0 Å². The number of nitrogens with one attached hydrogen (secondary N) is 1. The number of nitrogens with zero attached hydrogens (tertiary/aromatic N) is 1. The fraction of sp³-hybridized carbons (Fsp3) is 0.188. The highest BCUT2D eigenvalue weighted by atomic mass is 79.9. The minimum absolute atomic E-state index is 0.105. The lowest BCUT2D eigenvalue weighted by atomic mass is 10.3. The van der Waals surface area contributed by atoms with E-state index in [9.17, 15) is 13.2 Å². The molecular weight excluding hydrogens is 380 g/mol. The summed E-state index contributed by atoms with van der Waals surface area (Å²) in [5, 5.41) is 2.68. The number of sulfonamides is 1. The second kappa shape index (κ2) is 7.61. The standard InChI is InChI=1S/C16H17BrN2O3S/c1-19(15-8-3-2-4-9-15)23(21,22)11-10-16(20)18-14-7-5-6-13(17)12-14/h2-9,12H,10-11H2,1H3,(H,18,20). The fourth-order valence-electron chi connectivity index (χ4n) is 1.95. The third-order valence-electron chi connectivity index (χ3n) is 3.23. The Bertz CT molecular complexity index is 779. The van der Waals surface area contributed by atoms with Gasteiger partial charge in [0.25, 0.3) is 0 Å². The number of halogens is 1. The van der Waals surface area contributed by atoms with Gasteiger partial charge in [0.05, 0.1) is 11.4 Å². The summed E-state index contributed by atoms with van der Waals surface area (Å²) in [6.07, 6.45) is -0.105. The van der Waals surface area contributed by atoms with Crippen molar-refractivity contribution in [3.05, 3.63) is 59.1 Å². The van der Waals surface area contributed by atoms with Crippen LogP contribution in [-0.2, 0) is 14.8 Å². The maximum atomic E-state index is 12.3. The summed E-state index contributed by atoms with van der Waals surface area (Å²) in [5.41, 5.74) is 1.19. The van der Waals surface area contributed by atoms with E-state index in [-0.39, 0.29) is 18.1 Å². The lowest BCUT2D eigenvalue weighted by Crippen LogP contribution is -2.30. The van der Waals surface area contributed by atoms with E-state index in [4.69, 9.17) is 0 Å². The molecule has 2 rings (SSSR count). The number of carbonyl (C=O) groups is 1. The molecule has 0 heterocycles. The Morgan fingerprint density at radius 1 is 1.13 bits per heavy atom. The molecule has 0 spiro atoms. The normalized spacial score (nSPS) is 11.0. The first kappa shape index (κ1) is 17.5. The van der Waals surface area contributed by atoms with Crippen LogP contribution in [0.3, 0.4) is 0 Å². The van der Waals surface area contributed by atoms with E-state index in [1.54, 1.807) is 42.5 Å². The summed E-state index contributed by atoms with van der Waals surface area (Å²) in [4.78, 5) is 11.9. The molecule has 0 aliphatic heterocycles. The van der Waals surface area contributed by atoms with Crippen molar-refractivity contribution < 1.29 is 13.2 Å². The predicted octanol–water partition coefficient (Wildman–Crippen LogP) is 3.24. The van der Waals surface area contributed by atoms with Crippen molar-refractivity contribution in [1.82, 2.24) is 0 Å². The topological polar surface area (TPSA) is 66.5 Å². The number of benzene rings is 2. The second-order valence-corrected chi connectivity index (χ2v) is 7.96. The van der Waals surface area contributed by atoms with Crippen molar-refractivity contribution in [3.8, 4) is 0 Å². The average Bonchev–Trinajstić information content (AvgIpc) is 2.53. The first-order chi connectivity index (χ1) is 10.9. The zero-order chi connectivity index (χ0) is 16.9. The Hall–Kier alpha value is -1.86. The van der Waals surface area contributed by atoms with Crippen LogP contribution in [0.5, 0.6) is 0 Å². The van der Waals surface area contributed by atoms with Crippen molar-refractivity contribution in [2.24, 2.45) is 0 Å². The van der Waals surface area contributed by atoms with Crippen LogP contribution in [0.1, 0.15) is 6.42 Å².